The second-order valence-corrected chi connectivity index (χ2v) is 4.15. The van der Waals surface area contributed by atoms with Crippen molar-refractivity contribution >= 4 is 34.6 Å². The van der Waals surface area contributed by atoms with E-state index >= 15 is 0 Å². The van der Waals surface area contributed by atoms with Gasteiger partial charge in [0, 0.05) is 18.0 Å². The lowest BCUT2D eigenvalue weighted by atomic mass is 10.2. The number of nitrogens with one attached hydrogen (secondary N) is 3. The number of hydrogen-bond donors (Lipinski definition) is 3. The monoisotopic (exact) mass is 285 g/mol. The second kappa shape index (κ2) is 4.94. The minimum atomic E-state index is 0.222. The molecule has 3 rings (SSSR count). The summed E-state index contributed by atoms with van der Waals surface area (Å²) in [5.74, 6) is 0.222. The van der Waals surface area contributed by atoms with Crippen molar-refractivity contribution in [1.29, 1.82) is 5.26 Å². The highest BCUT2D eigenvalue weighted by Gasteiger charge is 2.05. The number of tetrazole rings is 1. The minimum Gasteiger partial charge on any atom is -0.429 e. The van der Waals surface area contributed by atoms with E-state index in [0.717, 1.165) is 11.2 Å². The lowest BCUT2D eigenvalue weighted by Gasteiger charge is -2.00. The first kappa shape index (κ1) is 12.1. The van der Waals surface area contributed by atoms with Crippen molar-refractivity contribution < 1.29 is 4.42 Å². The van der Waals surface area contributed by atoms with Crippen molar-refractivity contribution in [3.8, 4) is 6.07 Å². The largest absolute Gasteiger partial charge is 0.429 e. The molecule has 0 bridgehead atoms. The predicted molar refractivity (Wildman–Crippen MR) is 72.8 cm³/mol. The van der Waals surface area contributed by atoms with Gasteiger partial charge in [-0.1, -0.05) is 0 Å². The lowest BCUT2D eigenvalue weighted by Crippen LogP contribution is -1.92. The summed E-state index contributed by atoms with van der Waals surface area (Å²) in [6, 6.07) is 7.40. The Morgan fingerprint density at radius 2 is 2.40 bits per heavy atom. The summed E-state index contributed by atoms with van der Waals surface area (Å²) in [4.78, 5) is 3.22. The molecular formula is C11H7N7OS. The first-order valence-corrected chi connectivity index (χ1v) is 5.90. The molecular weight excluding hydrogens is 278 g/mol. The summed E-state index contributed by atoms with van der Waals surface area (Å²) in [5, 5.41) is 25.2. The third-order valence-corrected chi connectivity index (χ3v) is 2.70. The normalized spacial score (nSPS) is 11.4. The van der Waals surface area contributed by atoms with Crippen LogP contribution in [0.3, 0.4) is 0 Å². The standard InChI is InChI=1S/C11H7N7OS/c12-4-6(10-15-17-18-16-10)5-13-7-1-2-8-9(3-7)19-11(20)14-8/h1-3,5,13H,(H,14,20)(H,15,16,17,18). The molecule has 2 heterocycles. The zero-order chi connectivity index (χ0) is 13.9. The third kappa shape index (κ3) is 2.27. The molecule has 3 aromatic rings. The van der Waals surface area contributed by atoms with Gasteiger partial charge in [0.25, 0.3) is 4.84 Å². The van der Waals surface area contributed by atoms with Crippen molar-refractivity contribution in [2.45, 2.75) is 0 Å². The Hall–Kier alpha value is -2.99. The van der Waals surface area contributed by atoms with Crippen LogP contribution in [0.15, 0.2) is 28.8 Å². The number of oxazole rings is 1. The number of aromatic amines is 2. The molecule has 1 aromatic carbocycles. The fraction of sp³-hybridized carbons (Fsp3) is 0. The number of H-pyrrole nitrogens is 2. The van der Waals surface area contributed by atoms with E-state index in [9.17, 15) is 0 Å². The SMILES string of the molecule is N#CC(=CNc1ccc2[nH]c(=S)oc2c1)c1nn[nH]n1. The number of hydrogen-bond acceptors (Lipinski definition) is 7. The lowest BCUT2D eigenvalue weighted by molar-refractivity contribution is 0.583. The van der Waals surface area contributed by atoms with Gasteiger partial charge in [0.1, 0.15) is 11.6 Å². The molecule has 9 heteroatoms. The third-order valence-electron chi connectivity index (χ3n) is 2.51. The molecule has 0 aliphatic heterocycles. The van der Waals surface area contributed by atoms with Gasteiger partial charge in [-0.3, -0.25) is 0 Å². The molecule has 0 saturated heterocycles. The summed E-state index contributed by atoms with van der Waals surface area (Å²) < 4.78 is 5.31. The summed E-state index contributed by atoms with van der Waals surface area (Å²) in [7, 11) is 0. The van der Waals surface area contributed by atoms with Gasteiger partial charge in [-0.05, 0) is 29.6 Å². The molecule has 20 heavy (non-hydrogen) atoms. The Bertz CT molecular complexity index is 868. The topological polar surface area (TPSA) is 119 Å². The number of nitriles is 1. The van der Waals surface area contributed by atoms with Gasteiger partial charge in [0.2, 0.25) is 5.82 Å². The number of fused-ring (bicyclic) bond motifs is 1. The molecule has 98 valence electrons. The van der Waals surface area contributed by atoms with Crippen LogP contribution in [0.4, 0.5) is 5.69 Å². The summed E-state index contributed by atoms with van der Waals surface area (Å²) in [5.41, 5.74) is 2.44. The van der Waals surface area contributed by atoms with Crippen LogP contribution in [-0.2, 0) is 0 Å². The van der Waals surface area contributed by atoms with Crippen molar-refractivity contribution in [3.05, 3.63) is 35.1 Å². The van der Waals surface area contributed by atoms with Gasteiger partial charge in [0.15, 0.2) is 5.58 Å². The van der Waals surface area contributed by atoms with Crippen molar-refractivity contribution in [1.82, 2.24) is 25.6 Å². The molecule has 0 aliphatic rings. The van der Waals surface area contributed by atoms with Crippen LogP contribution in [0.25, 0.3) is 16.7 Å². The highest BCUT2D eigenvalue weighted by atomic mass is 32.1. The first-order valence-electron chi connectivity index (χ1n) is 5.50. The quantitative estimate of drug-likeness (QED) is 0.497. The van der Waals surface area contributed by atoms with Gasteiger partial charge >= 0.3 is 0 Å². The van der Waals surface area contributed by atoms with Crippen LogP contribution < -0.4 is 5.32 Å². The van der Waals surface area contributed by atoms with Crippen LogP contribution in [0.5, 0.6) is 0 Å². The smallest absolute Gasteiger partial charge is 0.266 e. The molecule has 0 radical (unpaired) electrons. The van der Waals surface area contributed by atoms with Crippen molar-refractivity contribution in [2.24, 2.45) is 0 Å². The summed E-state index contributed by atoms with van der Waals surface area (Å²) in [6.45, 7) is 0. The van der Waals surface area contributed by atoms with E-state index < -0.39 is 0 Å². The molecule has 0 fully saturated rings. The molecule has 8 nitrogen and oxygen atoms in total. The van der Waals surface area contributed by atoms with E-state index in [1.807, 2.05) is 18.2 Å². The molecule has 0 aliphatic carbocycles. The fourth-order valence-corrected chi connectivity index (χ4v) is 1.81. The minimum absolute atomic E-state index is 0.222. The molecule has 0 atom stereocenters. The number of anilines is 1. The van der Waals surface area contributed by atoms with Crippen molar-refractivity contribution in [2.75, 3.05) is 5.32 Å². The number of rotatable bonds is 3. The second-order valence-electron chi connectivity index (χ2n) is 3.78. The maximum atomic E-state index is 9.03. The molecule has 0 spiro atoms. The van der Waals surface area contributed by atoms with E-state index in [-0.39, 0.29) is 11.4 Å². The van der Waals surface area contributed by atoms with Gasteiger partial charge in [0.05, 0.1) is 5.52 Å². The van der Waals surface area contributed by atoms with Gasteiger partial charge in [-0.15, -0.1) is 10.2 Å². The van der Waals surface area contributed by atoms with Crippen LogP contribution in [0, 0.1) is 16.2 Å². The maximum Gasteiger partial charge on any atom is 0.266 e. The molecule has 0 amide bonds. The average molecular weight is 285 g/mol. The molecule has 0 saturated carbocycles. The Balaban J connectivity index is 1.89. The molecule has 0 unspecified atom stereocenters. The maximum absolute atomic E-state index is 9.03. The van der Waals surface area contributed by atoms with Gasteiger partial charge in [-0.25, -0.2) is 0 Å². The first-order chi connectivity index (χ1) is 9.76. The summed E-state index contributed by atoms with van der Waals surface area (Å²) >= 11 is 4.91. The Morgan fingerprint density at radius 3 is 3.15 bits per heavy atom. The van der Waals surface area contributed by atoms with Gasteiger partial charge in [-0.2, -0.15) is 10.5 Å². The molecule has 3 N–H and O–H groups in total. The number of aromatic nitrogens is 5. The van der Waals surface area contributed by atoms with E-state index in [1.54, 1.807) is 6.07 Å². The van der Waals surface area contributed by atoms with Gasteiger partial charge < -0.3 is 14.7 Å². The highest BCUT2D eigenvalue weighted by Crippen LogP contribution is 2.19. The van der Waals surface area contributed by atoms with E-state index in [2.05, 4.69) is 30.9 Å². The Labute approximate surface area is 117 Å². The van der Waals surface area contributed by atoms with Crippen LogP contribution in [0.1, 0.15) is 5.82 Å². The predicted octanol–water partition coefficient (Wildman–Crippen LogP) is 1.98. The average Bonchev–Trinajstić information content (AvgIpc) is 3.07. The Kier molecular flexibility index (Phi) is 2.98. The number of benzene rings is 1. The van der Waals surface area contributed by atoms with E-state index in [1.165, 1.54) is 6.20 Å². The highest BCUT2D eigenvalue weighted by molar-refractivity contribution is 7.71. The number of allylic oxidation sites excluding steroid dienone is 1. The summed E-state index contributed by atoms with van der Waals surface area (Å²) in [6.07, 6.45) is 1.49. The van der Waals surface area contributed by atoms with Crippen LogP contribution in [0.2, 0.25) is 0 Å². The Morgan fingerprint density at radius 1 is 1.50 bits per heavy atom. The fourth-order valence-electron chi connectivity index (χ4n) is 1.61. The molecule has 2 aromatic heterocycles. The van der Waals surface area contributed by atoms with E-state index in [4.69, 9.17) is 21.9 Å². The zero-order valence-electron chi connectivity index (χ0n) is 9.91. The van der Waals surface area contributed by atoms with Crippen LogP contribution in [-0.4, -0.2) is 25.6 Å². The zero-order valence-corrected chi connectivity index (χ0v) is 10.7. The van der Waals surface area contributed by atoms with Crippen molar-refractivity contribution in [3.63, 3.8) is 0 Å². The van der Waals surface area contributed by atoms with Crippen LogP contribution >= 0.6 is 12.2 Å². The number of nitrogens with zero attached hydrogens (tertiary/aromatic N) is 4. The van der Waals surface area contributed by atoms with E-state index in [0.29, 0.717) is 10.4 Å².